The van der Waals surface area contributed by atoms with Crippen molar-refractivity contribution >= 4 is 75.3 Å². The summed E-state index contributed by atoms with van der Waals surface area (Å²) in [5.74, 6) is 0. The third-order valence-electron chi connectivity index (χ3n) is 0. The molecule has 0 aliphatic rings. The van der Waals surface area contributed by atoms with E-state index in [1.165, 1.54) is 0 Å². The molecule has 0 saturated carbocycles. The molecule has 0 bridgehead atoms. The van der Waals surface area contributed by atoms with E-state index in [1.807, 2.05) is 0 Å². The van der Waals surface area contributed by atoms with Gasteiger partial charge in [0.1, 0.15) is 0 Å². The summed E-state index contributed by atoms with van der Waals surface area (Å²) in [4.78, 5) is 0. The van der Waals surface area contributed by atoms with E-state index in [9.17, 15) is 0 Å². The van der Waals surface area contributed by atoms with Crippen molar-refractivity contribution in [1.82, 2.24) is 0 Å². The van der Waals surface area contributed by atoms with Gasteiger partial charge in [0.2, 0.25) is 0 Å². The third-order valence-corrected chi connectivity index (χ3v) is 0. The van der Waals surface area contributed by atoms with E-state index in [-0.39, 0.29) is 64.9 Å². The molecule has 42 valence electrons. The van der Waals surface area contributed by atoms with Gasteiger partial charge in [-0.25, -0.2) is 0 Å². The Morgan fingerprint density at radius 1 is 1.14 bits per heavy atom. The predicted molar refractivity (Wildman–Crippen MR) is 31.7 cm³/mol. The topological polar surface area (TPSA) is 74.6 Å². The van der Waals surface area contributed by atoms with Crippen molar-refractivity contribution in [2.24, 2.45) is 0 Å². The Hall–Kier alpha value is 1.86. The quantitative estimate of drug-likeness (QED) is 0.356. The van der Waals surface area contributed by atoms with Gasteiger partial charge in [0.25, 0.3) is 0 Å². The molecule has 7 heavy (non-hydrogen) atoms. The van der Waals surface area contributed by atoms with Crippen LogP contribution in [0.5, 0.6) is 0 Å². The van der Waals surface area contributed by atoms with Crippen molar-refractivity contribution in [2.75, 3.05) is 0 Å². The fourth-order valence-electron chi connectivity index (χ4n) is 0. The second-order valence-electron chi connectivity index (χ2n) is 0.448. The number of hydrogen-bond donors (Lipinski definition) is 2. The van der Waals surface area contributed by atoms with Gasteiger partial charge >= 0.3 is 61.8 Å². The summed E-state index contributed by atoms with van der Waals surface area (Å²) in [6, 6.07) is 0. The van der Waals surface area contributed by atoms with Gasteiger partial charge in [0, 0.05) is 0 Å². The van der Waals surface area contributed by atoms with Gasteiger partial charge in [-0.1, -0.05) is 0 Å². The second kappa shape index (κ2) is 5.98. The van der Waals surface area contributed by atoms with Crippen LogP contribution in [-0.4, -0.2) is 68.9 Å². The summed E-state index contributed by atoms with van der Waals surface area (Å²) >= 11 is 0. The second-order valence-corrected chi connectivity index (χ2v) is 1.34. The molecule has 0 saturated heterocycles. The first-order valence-electron chi connectivity index (χ1n) is 0.698. The Morgan fingerprint density at radius 2 is 1.14 bits per heavy atom. The Labute approximate surface area is 91.1 Å². The molecule has 7 heteroatoms. The summed E-state index contributed by atoms with van der Waals surface area (Å²) in [5.41, 5.74) is 0. The van der Waals surface area contributed by atoms with Gasteiger partial charge in [-0.3, -0.25) is 9.11 Å². The van der Waals surface area contributed by atoms with Gasteiger partial charge in [0.05, 0.1) is 0 Å². The third kappa shape index (κ3) is 78.2. The van der Waals surface area contributed by atoms with Gasteiger partial charge < -0.3 is 0 Å². The molecule has 0 aromatic carbocycles. The molecule has 0 radical (unpaired) electrons. The van der Waals surface area contributed by atoms with E-state index in [2.05, 4.69) is 0 Å². The van der Waals surface area contributed by atoms with Gasteiger partial charge in [-0.05, 0) is 0 Å². The minimum atomic E-state index is -4.67. The molecule has 0 atom stereocenters. The first-order chi connectivity index (χ1) is 2.00. The monoisotopic (exact) mass is 172 g/mol. The SMILES string of the molecule is O=S(=O)(O)O.S.[KH]. The van der Waals surface area contributed by atoms with Crippen molar-refractivity contribution in [1.29, 1.82) is 0 Å². The van der Waals surface area contributed by atoms with Gasteiger partial charge in [-0.2, -0.15) is 21.9 Å². The molecule has 4 nitrogen and oxygen atoms in total. The molecule has 0 aromatic rings. The van der Waals surface area contributed by atoms with Crippen LogP contribution in [0.15, 0.2) is 0 Å². The number of hydrogen-bond acceptors (Lipinski definition) is 2. The Morgan fingerprint density at radius 3 is 1.14 bits per heavy atom. The molecule has 0 amide bonds. The summed E-state index contributed by atoms with van der Waals surface area (Å²) in [7, 11) is -4.67. The van der Waals surface area contributed by atoms with E-state index in [4.69, 9.17) is 17.5 Å². The fraction of sp³-hybridized carbons (Fsp3) is 0. The minimum absolute atomic E-state index is 0. The maximum absolute atomic E-state index is 8.74. The van der Waals surface area contributed by atoms with Crippen molar-refractivity contribution in [3.05, 3.63) is 0 Å². The average molecular weight is 172 g/mol. The first kappa shape index (κ1) is 15.9. The molecule has 0 aliphatic carbocycles. The molecule has 0 heterocycles. The standard InChI is InChI=1S/K.H2O4S.H2S.H/c;1-5(2,3)4;;/h;(H2,1,2,3,4);1H2;. The van der Waals surface area contributed by atoms with Crippen LogP contribution in [0.1, 0.15) is 0 Å². The zero-order valence-electron chi connectivity index (χ0n) is 2.62. The van der Waals surface area contributed by atoms with Gasteiger partial charge in [0.15, 0.2) is 0 Å². The van der Waals surface area contributed by atoms with Crippen molar-refractivity contribution in [3.8, 4) is 0 Å². The van der Waals surface area contributed by atoms with E-state index in [0.717, 1.165) is 0 Å². The average Bonchev–Trinajstić information content (AvgIpc) is 0.722. The summed E-state index contributed by atoms with van der Waals surface area (Å²) < 4.78 is 31.6. The summed E-state index contributed by atoms with van der Waals surface area (Å²) in [6.45, 7) is 0. The zero-order chi connectivity index (χ0) is 4.50. The molecule has 2 N–H and O–H groups in total. The van der Waals surface area contributed by atoms with Crippen LogP contribution in [0, 0.1) is 0 Å². The summed E-state index contributed by atoms with van der Waals surface area (Å²) in [5, 5.41) is 0. The van der Waals surface area contributed by atoms with E-state index >= 15 is 0 Å². The van der Waals surface area contributed by atoms with E-state index in [0.29, 0.717) is 0 Å². The fourth-order valence-corrected chi connectivity index (χ4v) is 0. The Kier molecular flexibility index (Phi) is 13.6. The molecule has 0 aromatic heterocycles. The van der Waals surface area contributed by atoms with Crippen LogP contribution in [0.3, 0.4) is 0 Å². The normalized spacial score (nSPS) is 8.29. The van der Waals surface area contributed by atoms with E-state index < -0.39 is 10.4 Å². The molecule has 0 rings (SSSR count). The van der Waals surface area contributed by atoms with Crippen LogP contribution in [0.2, 0.25) is 0 Å². The van der Waals surface area contributed by atoms with Crippen LogP contribution in [0.4, 0.5) is 0 Å². The molecule has 0 unspecified atom stereocenters. The van der Waals surface area contributed by atoms with Crippen LogP contribution in [0.25, 0.3) is 0 Å². The first-order valence-corrected chi connectivity index (χ1v) is 2.10. The van der Waals surface area contributed by atoms with Crippen molar-refractivity contribution in [3.63, 3.8) is 0 Å². The predicted octanol–water partition coefficient (Wildman–Crippen LogP) is -1.19. The van der Waals surface area contributed by atoms with E-state index in [1.54, 1.807) is 0 Å². The van der Waals surface area contributed by atoms with Gasteiger partial charge in [-0.15, -0.1) is 0 Å². The zero-order valence-corrected chi connectivity index (χ0v) is 4.44. The molecule has 0 fully saturated rings. The Balaban J connectivity index is -0.0000000800. The number of rotatable bonds is 0. The van der Waals surface area contributed by atoms with Crippen molar-refractivity contribution < 1.29 is 17.5 Å². The van der Waals surface area contributed by atoms with Crippen LogP contribution >= 0.6 is 13.5 Å². The molecule has 0 spiro atoms. The molecular formula is H5KO4S2. The summed E-state index contributed by atoms with van der Waals surface area (Å²) in [6.07, 6.45) is 0. The maximum atomic E-state index is 8.74. The van der Waals surface area contributed by atoms with Crippen LogP contribution in [-0.2, 0) is 10.4 Å². The van der Waals surface area contributed by atoms with Crippen molar-refractivity contribution in [2.45, 2.75) is 0 Å². The Bertz CT molecular complexity index is 92.9. The van der Waals surface area contributed by atoms with Crippen LogP contribution < -0.4 is 0 Å². The molecule has 0 aliphatic heterocycles. The molecular weight excluding hydrogens is 167 g/mol.